The van der Waals surface area contributed by atoms with Crippen LogP contribution in [0.5, 0.6) is 11.5 Å². The molecule has 1 spiro atoms. The summed E-state index contributed by atoms with van der Waals surface area (Å²) < 4.78 is 38.6. The molecule has 2 saturated heterocycles. The van der Waals surface area contributed by atoms with Gasteiger partial charge in [-0.2, -0.15) is 0 Å². The third-order valence-electron chi connectivity index (χ3n) is 8.05. The Hall–Kier alpha value is -3.85. The number of H-pyrrole nitrogens is 1. The Labute approximate surface area is 238 Å². The summed E-state index contributed by atoms with van der Waals surface area (Å²) in [5.74, 6) is 1.80. The van der Waals surface area contributed by atoms with Gasteiger partial charge >= 0.3 is 0 Å². The number of allylic oxidation sites excluding steroid dienone is 2. The number of carbonyl (C=O) groups is 1. The predicted octanol–water partition coefficient (Wildman–Crippen LogP) is 4.45. The maximum Gasteiger partial charge on any atom is 0.222 e. The Morgan fingerprint density at radius 2 is 2.02 bits per heavy atom. The number of pyridine rings is 1. The zero-order valence-electron chi connectivity index (χ0n) is 23.6. The van der Waals surface area contributed by atoms with Crippen molar-refractivity contribution in [3.8, 4) is 11.5 Å². The molecule has 8 nitrogen and oxygen atoms in total. The molecule has 2 fully saturated rings. The van der Waals surface area contributed by atoms with Crippen molar-refractivity contribution >= 4 is 29.0 Å². The van der Waals surface area contributed by atoms with Crippen LogP contribution in [0.4, 0.5) is 4.39 Å². The molecule has 4 heterocycles. The minimum absolute atomic E-state index is 0.143. The van der Waals surface area contributed by atoms with Crippen LogP contribution in [-0.2, 0) is 19.0 Å². The van der Waals surface area contributed by atoms with Crippen molar-refractivity contribution in [1.82, 2.24) is 14.9 Å². The second-order valence-corrected chi connectivity index (χ2v) is 11.3. The van der Waals surface area contributed by atoms with Gasteiger partial charge < -0.3 is 28.8 Å². The van der Waals surface area contributed by atoms with Crippen molar-refractivity contribution in [3.05, 3.63) is 64.1 Å². The normalized spacial score (nSPS) is 20.1. The largest absolute Gasteiger partial charge is 0.494 e. The summed E-state index contributed by atoms with van der Waals surface area (Å²) in [4.78, 5) is 22.0. The highest BCUT2D eigenvalue weighted by Gasteiger charge is 2.50. The second-order valence-electron chi connectivity index (χ2n) is 11.3. The van der Waals surface area contributed by atoms with E-state index in [1.807, 2.05) is 30.0 Å². The van der Waals surface area contributed by atoms with Gasteiger partial charge in [-0.25, -0.2) is 4.39 Å². The van der Waals surface area contributed by atoms with E-state index in [0.29, 0.717) is 48.0 Å². The molecule has 1 aliphatic carbocycles. The fourth-order valence-corrected chi connectivity index (χ4v) is 5.77. The van der Waals surface area contributed by atoms with Gasteiger partial charge in [0.1, 0.15) is 11.5 Å². The third-order valence-corrected chi connectivity index (χ3v) is 8.05. The van der Waals surface area contributed by atoms with E-state index in [-0.39, 0.29) is 17.1 Å². The number of halogens is 1. The van der Waals surface area contributed by atoms with Crippen molar-refractivity contribution in [2.24, 2.45) is 5.41 Å². The molecule has 2 aliphatic heterocycles. The quantitative estimate of drug-likeness (QED) is 0.368. The minimum atomic E-state index is -0.415. The second kappa shape index (κ2) is 11.6. The van der Waals surface area contributed by atoms with E-state index in [1.54, 1.807) is 31.5 Å². The van der Waals surface area contributed by atoms with E-state index >= 15 is 4.39 Å². The van der Waals surface area contributed by atoms with E-state index in [1.165, 1.54) is 0 Å². The smallest absolute Gasteiger partial charge is 0.222 e. The third kappa shape index (κ3) is 5.68. The van der Waals surface area contributed by atoms with Gasteiger partial charge in [0.2, 0.25) is 5.91 Å². The maximum absolute atomic E-state index is 15.3. The van der Waals surface area contributed by atoms with Crippen molar-refractivity contribution in [2.75, 3.05) is 40.0 Å². The van der Waals surface area contributed by atoms with E-state index < -0.39 is 5.82 Å². The van der Waals surface area contributed by atoms with E-state index in [4.69, 9.17) is 18.9 Å². The van der Waals surface area contributed by atoms with Crippen LogP contribution in [0, 0.1) is 18.2 Å². The van der Waals surface area contributed by atoms with Crippen molar-refractivity contribution < 1.29 is 28.1 Å². The van der Waals surface area contributed by atoms with Gasteiger partial charge in [-0.15, -0.1) is 0 Å². The molecule has 0 bridgehead atoms. The van der Waals surface area contributed by atoms with E-state index in [2.05, 4.69) is 9.97 Å². The number of nitrogens with zero attached hydrogens (tertiary/aromatic N) is 2. The number of methoxy groups -OCH3 is 1. The highest BCUT2D eigenvalue weighted by atomic mass is 19.1. The van der Waals surface area contributed by atoms with Gasteiger partial charge in [0.15, 0.2) is 17.3 Å². The van der Waals surface area contributed by atoms with Crippen LogP contribution < -0.4 is 15.3 Å². The first kappa shape index (κ1) is 27.3. The van der Waals surface area contributed by atoms with E-state index in [9.17, 15) is 4.79 Å². The molecule has 3 aromatic rings. The van der Waals surface area contributed by atoms with Crippen molar-refractivity contribution in [1.29, 1.82) is 0 Å². The molecule has 0 unspecified atom stereocenters. The van der Waals surface area contributed by atoms with Gasteiger partial charge in [-0.1, -0.05) is 6.08 Å². The number of hydrogen-bond acceptors (Lipinski definition) is 6. The Bertz CT molecular complexity index is 1600. The molecule has 41 heavy (non-hydrogen) atoms. The Morgan fingerprint density at radius 1 is 1.17 bits per heavy atom. The number of likely N-dealkylation sites (tertiary alicyclic amines) is 1. The minimum Gasteiger partial charge on any atom is -0.494 e. The summed E-state index contributed by atoms with van der Waals surface area (Å²) in [6, 6.07) is 6.94. The fraction of sp³-hybridized carbons (Fsp3) is 0.438. The summed E-state index contributed by atoms with van der Waals surface area (Å²) in [5, 5.41) is 1.94. The number of ether oxygens (including phenoxy) is 4. The highest BCUT2D eigenvalue weighted by molar-refractivity contribution is 5.83. The fourth-order valence-electron chi connectivity index (χ4n) is 5.77. The molecule has 0 saturated carbocycles. The number of aryl methyl sites for hydroxylation is 1. The predicted molar refractivity (Wildman–Crippen MR) is 153 cm³/mol. The van der Waals surface area contributed by atoms with Crippen LogP contribution in [-0.4, -0.2) is 60.8 Å². The van der Waals surface area contributed by atoms with Crippen LogP contribution in [0.25, 0.3) is 23.1 Å². The molecular weight excluding hydrogens is 525 g/mol. The molecule has 216 valence electrons. The van der Waals surface area contributed by atoms with Gasteiger partial charge in [0, 0.05) is 53.9 Å². The Balaban J connectivity index is 1.10. The number of carbonyl (C=O) groups excluding carboxylic acids is 1. The lowest BCUT2D eigenvalue weighted by molar-refractivity contribution is -0.195. The molecule has 1 amide bonds. The zero-order valence-corrected chi connectivity index (χ0v) is 23.6. The van der Waals surface area contributed by atoms with E-state index in [0.717, 1.165) is 67.9 Å². The maximum atomic E-state index is 15.3. The molecule has 1 N–H and O–H groups in total. The molecule has 0 radical (unpaired) electrons. The summed E-state index contributed by atoms with van der Waals surface area (Å²) >= 11 is 0. The topological polar surface area (TPSA) is 85.9 Å². The van der Waals surface area contributed by atoms with Crippen LogP contribution in [0.15, 0.2) is 42.0 Å². The molecule has 0 atom stereocenters. The average Bonchev–Trinajstić information content (AvgIpc) is 3.29. The SMILES string of the molecule is COC1=C(\OCCCCCC(=O)N2CC3(COC3)C2)CCC=c2nccc(Oc3ccc4[nH]c(C)cc4c3F)\c2=C\1. The van der Waals surface area contributed by atoms with Crippen LogP contribution in [0.3, 0.4) is 0 Å². The zero-order chi connectivity index (χ0) is 28.4. The number of amides is 1. The Kier molecular flexibility index (Phi) is 7.71. The van der Waals surface area contributed by atoms with Crippen LogP contribution >= 0.6 is 0 Å². The average molecular weight is 562 g/mol. The van der Waals surface area contributed by atoms with Gasteiger partial charge in [-0.05, 0) is 62.9 Å². The standard InChI is InChI=1S/C32H36FN3O5/c1-21-15-23-25(35-21)10-11-28(31(23)33)41-26-12-13-34-24-7-6-8-27(29(38-2)16-22(24)26)40-14-5-3-4-9-30(37)36-17-32(18-36)19-39-20-32/h7,10-13,15-16,35H,3-6,8-9,14,17-20H2,1-2H3/b22-16+,24-7?,29-27-. The van der Waals surface area contributed by atoms with Gasteiger partial charge in [0.05, 0.1) is 37.7 Å². The number of aromatic nitrogens is 2. The lowest BCUT2D eigenvalue weighted by atomic mass is 9.78. The number of nitrogens with one attached hydrogen (secondary N) is 1. The lowest BCUT2D eigenvalue weighted by Gasteiger charge is -2.55. The first-order chi connectivity index (χ1) is 19.9. The van der Waals surface area contributed by atoms with Gasteiger partial charge in [-0.3, -0.25) is 9.78 Å². The summed E-state index contributed by atoms with van der Waals surface area (Å²) in [6.07, 6.45) is 10.1. The van der Waals surface area contributed by atoms with Crippen LogP contribution in [0.1, 0.15) is 44.2 Å². The number of hydrogen-bond donors (Lipinski definition) is 1. The molecule has 1 aromatic carbocycles. The molecular formula is C32H36FN3O5. The first-order valence-corrected chi connectivity index (χ1v) is 14.3. The van der Waals surface area contributed by atoms with Crippen LogP contribution in [0.2, 0.25) is 0 Å². The highest BCUT2D eigenvalue weighted by Crippen LogP contribution is 2.37. The Morgan fingerprint density at radius 3 is 2.80 bits per heavy atom. The molecule has 9 heteroatoms. The molecule has 2 aromatic heterocycles. The summed E-state index contributed by atoms with van der Waals surface area (Å²) in [7, 11) is 1.61. The number of rotatable bonds is 10. The van der Waals surface area contributed by atoms with Gasteiger partial charge in [0.25, 0.3) is 0 Å². The number of aromatic amines is 1. The summed E-state index contributed by atoms with van der Waals surface area (Å²) in [6.45, 7) is 5.71. The lowest BCUT2D eigenvalue weighted by Crippen LogP contribution is -2.67. The monoisotopic (exact) mass is 561 g/mol. The molecule has 6 rings (SSSR count). The summed E-state index contributed by atoms with van der Waals surface area (Å²) in [5.41, 5.74) is 1.87. The number of unbranched alkanes of at least 4 members (excludes halogenated alkanes) is 2. The van der Waals surface area contributed by atoms with Crippen molar-refractivity contribution in [2.45, 2.75) is 45.4 Å². The number of fused-ring (bicyclic) bond motifs is 2. The number of benzene rings is 1. The van der Waals surface area contributed by atoms with Crippen molar-refractivity contribution in [3.63, 3.8) is 0 Å². The first-order valence-electron chi connectivity index (χ1n) is 14.3. The molecule has 3 aliphatic rings.